The summed E-state index contributed by atoms with van der Waals surface area (Å²) >= 11 is 0. The van der Waals surface area contributed by atoms with Gasteiger partial charge in [-0.2, -0.15) is 22.6 Å². The number of rotatable bonds is 6. The third kappa shape index (κ3) is 4.83. The van der Waals surface area contributed by atoms with Crippen molar-refractivity contribution in [1.82, 2.24) is 14.5 Å². The molecule has 0 N–H and O–H groups in total. The molecule has 0 bridgehead atoms. The van der Waals surface area contributed by atoms with E-state index in [2.05, 4.69) is 10.2 Å². The number of alkyl halides is 3. The molecule has 0 atom stereocenters. The van der Waals surface area contributed by atoms with Crippen LogP contribution in [-0.2, 0) is 20.9 Å². The van der Waals surface area contributed by atoms with Crippen LogP contribution >= 0.6 is 0 Å². The lowest BCUT2D eigenvalue weighted by Gasteiger charge is -2.53. The van der Waals surface area contributed by atoms with Gasteiger partial charge in [-0.3, -0.25) is 9.69 Å². The second-order valence-corrected chi connectivity index (χ2v) is 11.4. The zero-order chi connectivity index (χ0) is 28.2. The fraction of sp³-hybridized carbons (Fsp3) is 0.320. The highest BCUT2D eigenvalue weighted by Gasteiger charge is 2.53. The molecule has 0 radical (unpaired) electrons. The van der Waals surface area contributed by atoms with Crippen molar-refractivity contribution < 1.29 is 40.2 Å². The summed E-state index contributed by atoms with van der Waals surface area (Å²) in [6.07, 6.45) is -3.60. The van der Waals surface area contributed by atoms with Gasteiger partial charge in [0.05, 0.1) is 37.0 Å². The number of hydrogen-bond acceptors (Lipinski definition) is 7. The lowest BCUT2D eigenvalue weighted by atomic mass is 9.80. The van der Waals surface area contributed by atoms with Crippen LogP contribution in [0, 0.1) is 11.2 Å². The smallest absolute Gasteiger partial charge is 0.416 e. The molecule has 0 saturated carbocycles. The molecular formula is C25H22F4N4O5S. The Hall–Kier alpha value is -3.62. The van der Waals surface area contributed by atoms with E-state index in [0.29, 0.717) is 30.9 Å². The summed E-state index contributed by atoms with van der Waals surface area (Å²) in [6, 6.07) is 7.20. The third-order valence-corrected chi connectivity index (χ3v) is 8.51. The molecule has 9 nitrogen and oxygen atoms in total. The van der Waals surface area contributed by atoms with Crippen LogP contribution < -0.4 is 9.64 Å². The third-order valence-electron chi connectivity index (χ3n) is 6.74. The normalized spacial score (nSPS) is 16.9. The Morgan fingerprint density at radius 2 is 1.82 bits per heavy atom. The molecule has 2 aromatic carbocycles. The standard InChI is InChI=1S/C25H22F4N4O5S/c1-32(22-20(5-6-30-31-22)19-4-3-17(26)10-21(19)37-2)23(34)15-7-16(25(27,28)29)9-18(8-15)39(35,36)33-11-24(12-33)13-38-14-24/h3-10H,11-14H2,1-2H3. The van der Waals surface area contributed by atoms with Crippen LogP contribution in [0.3, 0.4) is 0 Å². The largest absolute Gasteiger partial charge is 0.496 e. The minimum absolute atomic E-state index is 0.0658. The maximum atomic E-state index is 13.8. The van der Waals surface area contributed by atoms with Crippen LogP contribution in [0.15, 0.2) is 53.6 Å². The molecule has 1 amide bonds. The molecule has 206 valence electrons. The predicted molar refractivity (Wildman–Crippen MR) is 130 cm³/mol. The number of nitrogens with zero attached hydrogens (tertiary/aromatic N) is 4. The molecule has 2 fully saturated rings. The van der Waals surface area contributed by atoms with E-state index in [4.69, 9.17) is 9.47 Å². The Kier molecular flexibility index (Phi) is 6.59. The van der Waals surface area contributed by atoms with Crippen LogP contribution in [0.5, 0.6) is 5.75 Å². The van der Waals surface area contributed by atoms with Crippen molar-refractivity contribution in [1.29, 1.82) is 0 Å². The van der Waals surface area contributed by atoms with Gasteiger partial charge in [-0.1, -0.05) is 0 Å². The Balaban J connectivity index is 1.53. The number of hydrogen-bond donors (Lipinski definition) is 0. The van der Waals surface area contributed by atoms with Crippen molar-refractivity contribution in [3.05, 3.63) is 65.6 Å². The highest BCUT2D eigenvalue weighted by atomic mass is 32.2. The topological polar surface area (TPSA) is 102 Å². The number of carbonyl (C=O) groups is 1. The summed E-state index contributed by atoms with van der Waals surface area (Å²) in [5.74, 6) is -1.47. The second kappa shape index (κ2) is 9.54. The Morgan fingerprint density at radius 1 is 1.10 bits per heavy atom. The number of ether oxygens (including phenoxy) is 2. The zero-order valence-electron chi connectivity index (χ0n) is 20.7. The molecule has 2 aliphatic rings. The van der Waals surface area contributed by atoms with Gasteiger partial charge in [-0.25, -0.2) is 12.8 Å². The summed E-state index contributed by atoms with van der Waals surface area (Å²) < 4.78 is 93.0. The average molecular weight is 567 g/mol. The first kappa shape index (κ1) is 27.0. The molecule has 39 heavy (non-hydrogen) atoms. The van der Waals surface area contributed by atoms with E-state index in [9.17, 15) is 30.8 Å². The van der Waals surface area contributed by atoms with Crippen molar-refractivity contribution in [3.63, 3.8) is 0 Å². The number of methoxy groups -OCH3 is 1. The minimum Gasteiger partial charge on any atom is -0.496 e. The van der Waals surface area contributed by atoms with Crippen molar-refractivity contribution in [2.75, 3.05) is 45.4 Å². The van der Waals surface area contributed by atoms with Gasteiger partial charge in [0.25, 0.3) is 5.91 Å². The first-order valence-electron chi connectivity index (χ1n) is 11.6. The van der Waals surface area contributed by atoms with Crippen LogP contribution in [0.2, 0.25) is 0 Å². The van der Waals surface area contributed by atoms with Crippen LogP contribution in [0.25, 0.3) is 11.1 Å². The van der Waals surface area contributed by atoms with Crippen LogP contribution in [0.1, 0.15) is 15.9 Å². The minimum atomic E-state index is -4.92. The highest BCUT2D eigenvalue weighted by Crippen LogP contribution is 2.42. The van der Waals surface area contributed by atoms with Crippen LogP contribution in [-0.4, -0.2) is 69.3 Å². The Morgan fingerprint density at radius 3 is 2.44 bits per heavy atom. The number of benzene rings is 2. The lowest BCUT2D eigenvalue weighted by Crippen LogP contribution is -2.66. The van der Waals surface area contributed by atoms with Gasteiger partial charge in [-0.05, 0) is 36.4 Å². The zero-order valence-corrected chi connectivity index (χ0v) is 21.5. The second-order valence-electron chi connectivity index (χ2n) is 9.49. The van der Waals surface area contributed by atoms with Gasteiger partial charge in [0.2, 0.25) is 10.0 Å². The van der Waals surface area contributed by atoms with Gasteiger partial charge >= 0.3 is 6.18 Å². The van der Waals surface area contributed by atoms with Gasteiger partial charge in [0, 0.05) is 48.3 Å². The fourth-order valence-corrected chi connectivity index (χ4v) is 6.33. The van der Waals surface area contributed by atoms with Crippen molar-refractivity contribution in [3.8, 4) is 16.9 Å². The Labute approximate surface area is 221 Å². The van der Waals surface area contributed by atoms with E-state index in [0.717, 1.165) is 21.3 Å². The number of halogens is 4. The van der Waals surface area contributed by atoms with Crippen molar-refractivity contribution in [2.24, 2.45) is 5.41 Å². The quantitative estimate of drug-likeness (QED) is 0.420. The summed E-state index contributed by atoms with van der Waals surface area (Å²) in [5.41, 5.74) is -1.48. The molecule has 14 heteroatoms. The summed E-state index contributed by atoms with van der Waals surface area (Å²) in [7, 11) is -1.73. The molecule has 0 unspecified atom stereocenters. The number of amides is 1. The number of carbonyl (C=O) groups excluding carboxylic acids is 1. The number of anilines is 1. The monoisotopic (exact) mass is 566 g/mol. The highest BCUT2D eigenvalue weighted by molar-refractivity contribution is 7.89. The van der Waals surface area contributed by atoms with E-state index in [1.807, 2.05) is 0 Å². The van der Waals surface area contributed by atoms with Gasteiger partial charge in [0.1, 0.15) is 11.6 Å². The van der Waals surface area contributed by atoms with Crippen LogP contribution in [0.4, 0.5) is 23.4 Å². The van der Waals surface area contributed by atoms with Crippen molar-refractivity contribution in [2.45, 2.75) is 11.1 Å². The molecule has 1 aromatic heterocycles. The molecule has 2 saturated heterocycles. The summed E-state index contributed by atoms with van der Waals surface area (Å²) in [6.45, 7) is 1.01. The maximum absolute atomic E-state index is 13.8. The summed E-state index contributed by atoms with van der Waals surface area (Å²) in [4.78, 5) is 13.8. The average Bonchev–Trinajstić information content (AvgIpc) is 2.85. The number of aromatic nitrogens is 2. The molecule has 2 aliphatic heterocycles. The summed E-state index contributed by atoms with van der Waals surface area (Å²) in [5, 5.41) is 7.74. The molecule has 3 aromatic rings. The van der Waals surface area contributed by atoms with Gasteiger partial charge in [0.15, 0.2) is 5.82 Å². The maximum Gasteiger partial charge on any atom is 0.416 e. The van der Waals surface area contributed by atoms with E-state index in [1.54, 1.807) is 0 Å². The Bertz CT molecular complexity index is 1550. The first-order valence-corrected chi connectivity index (χ1v) is 13.0. The number of sulfonamides is 1. The van der Waals surface area contributed by atoms with Gasteiger partial charge < -0.3 is 9.47 Å². The van der Waals surface area contributed by atoms with Crippen molar-refractivity contribution >= 4 is 21.7 Å². The fourth-order valence-electron chi connectivity index (χ4n) is 4.59. The van der Waals surface area contributed by atoms with Gasteiger partial charge in [-0.15, -0.1) is 5.10 Å². The predicted octanol–water partition coefficient (Wildman–Crippen LogP) is 3.61. The molecule has 1 spiro atoms. The molecule has 3 heterocycles. The van der Waals surface area contributed by atoms with E-state index >= 15 is 0 Å². The van der Waals surface area contributed by atoms with E-state index in [-0.39, 0.29) is 35.6 Å². The molecular weight excluding hydrogens is 544 g/mol. The van der Waals surface area contributed by atoms with E-state index in [1.165, 1.54) is 38.6 Å². The van der Waals surface area contributed by atoms with E-state index < -0.39 is 43.9 Å². The lowest BCUT2D eigenvalue weighted by molar-refractivity contribution is -0.166. The SMILES string of the molecule is COc1cc(F)ccc1-c1ccnnc1N(C)C(=O)c1cc(C(F)(F)F)cc(S(=O)(=O)N2CC3(COC3)C2)c1. The first-order chi connectivity index (χ1) is 18.3. The molecule has 5 rings (SSSR count). The molecule has 0 aliphatic carbocycles.